The Morgan fingerprint density at radius 2 is 2.05 bits per heavy atom. The summed E-state index contributed by atoms with van der Waals surface area (Å²) in [5, 5.41) is 24.1. The van der Waals surface area contributed by atoms with E-state index in [9.17, 15) is 10.1 Å². The molecule has 0 amide bonds. The third-order valence-electron chi connectivity index (χ3n) is 2.90. The van der Waals surface area contributed by atoms with Crippen molar-refractivity contribution in [3.05, 3.63) is 38.9 Å². The minimum atomic E-state index is -0.397. The molecule has 6 nitrogen and oxygen atoms in total. The van der Waals surface area contributed by atoms with E-state index in [1.165, 1.54) is 17.4 Å². The summed E-state index contributed by atoms with van der Waals surface area (Å²) < 4.78 is 0. The summed E-state index contributed by atoms with van der Waals surface area (Å²) >= 11 is 1.45. The molecule has 1 N–H and O–H groups in total. The topological polar surface area (TPSA) is 81.0 Å². The minimum absolute atomic E-state index is 0.00723. The normalized spacial score (nSPS) is 11.6. The van der Waals surface area contributed by atoms with Crippen molar-refractivity contribution in [2.24, 2.45) is 0 Å². The number of nitrogens with one attached hydrogen (secondary N) is 1. The third-order valence-corrected chi connectivity index (χ3v) is 3.86. The Bertz CT molecular complexity index is 661. The molecule has 2 rings (SSSR count). The zero-order valence-electron chi connectivity index (χ0n) is 12.5. The highest BCUT2D eigenvalue weighted by Gasteiger charge is 2.15. The number of benzene rings is 1. The lowest BCUT2D eigenvalue weighted by Gasteiger charge is -2.19. The van der Waals surface area contributed by atoms with E-state index in [-0.39, 0.29) is 11.2 Å². The Morgan fingerprint density at radius 3 is 2.67 bits per heavy atom. The van der Waals surface area contributed by atoms with Gasteiger partial charge in [-0.15, -0.1) is 10.2 Å². The van der Waals surface area contributed by atoms with Gasteiger partial charge in [0.1, 0.15) is 10.0 Å². The number of aromatic nitrogens is 2. The van der Waals surface area contributed by atoms with Crippen LogP contribution in [0.1, 0.15) is 31.3 Å². The van der Waals surface area contributed by atoms with Crippen molar-refractivity contribution >= 4 is 17.0 Å². The van der Waals surface area contributed by atoms with Crippen LogP contribution in [0.15, 0.2) is 18.2 Å². The first-order valence-corrected chi connectivity index (χ1v) is 7.41. The molecule has 1 heterocycles. The smallest absolute Gasteiger partial charge is 0.270 e. The van der Waals surface area contributed by atoms with Gasteiger partial charge < -0.3 is 5.32 Å². The maximum Gasteiger partial charge on any atom is 0.270 e. The molecule has 0 bridgehead atoms. The molecule has 21 heavy (non-hydrogen) atoms. The molecule has 0 aliphatic heterocycles. The van der Waals surface area contributed by atoms with Gasteiger partial charge in [-0.05, 0) is 33.3 Å². The van der Waals surface area contributed by atoms with Gasteiger partial charge in [-0.3, -0.25) is 10.1 Å². The van der Waals surface area contributed by atoms with Crippen molar-refractivity contribution < 1.29 is 4.92 Å². The van der Waals surface area contributed by atoms with Gasteiger partial charge in [-0.25, -0.2) is 0 Å². The molecule has 1 aromatic carbocycles. The van der Waals surface area contributed by atoms with Crippen LogP contribution in [-0.4, -0.2) is 20.7 Å². The zero-order chi connectivity index (χ0) is 15.6. The van der Waals surface area contributed by atoms with Crippen LogP contribution in [0, 0.1) is 17.0 Å². The van der Waals surface area contributed by atoms with Crippen LogP contribution >= 0.6 is 11.3 Å². The fourth-order valence-electron chi connectivity index (χ4n) is 1.73. The van der Waals surface area contributed by atoms with Gasteiger partial charge in [0.25, 0.3) is 5.69 Å². The van der Waals surface area contributed by atoms with Gasteiger partial charge in [0.05, 0.1) is 11.5 Å². The van der Waals surface area contributed by atoms with Gasteiger partial charge in [0.2, 0.25) is 0 Å². The summed E-state index contributed by atoms with van der Waals surface area (Å²) in [7, 11) is 0. The minimum Gasteiger partial charge on any atom is -0.306 e. The molecule has 0 unspecified atom stereocenters. The molecule has 7 heteroatoms. The van der Waals surface area contributed by atoms with Crippen molar-refractivity contribution in [1.82, 2.24) is 15.5 Å². The third kappa shape index (κ3) is 4.05. The van der Waals surface area contributed by atoms with Crippen LogP contribution in [0.25, 0.3) is 10.6 Å². The van der Waals surface area contributed by atoms with Gasteiger partial charge in [-0.1, -0.05) is 17.4 Å². The second kappa shape index (κ2) is 5.87. The number of hydrogen-bond donors (Lipinski definition) is 1. The SMILES string of the molecule is Cc1ccc([N+](=O)[O-])cc1-c1nnc(CNC(C)(C)C)s1. The molecule has 0 saturated carbocycles. The van der Waals surface area contributed by atoms with E-state index in [1.807, 2.05) is 6.92 Å². The maximum absolute atomic E-state index is 10.9. The van der Waals surface area contributed by atoms with Crippen LogP contribution in [-0.2, 0) is 6.54 Å². The highest BCUT2D eigenvalue weighted by molar-refractivity contribution is 7.14. The number of nitrogens with zero attached hydrogens (tertiary/aromatic N) is 3. The van der Waals surface area contributed by atoms with Gasteiger partial charge >= 0.3 is 0 Å². The number of aryl methyl sites for hydroxylation is 1. The number of nitro groups is 1. The zero-order valence-corrected chi connectivity index (χ0v) is 13.3. The highest BCUT2D eigenvalue weighted by atomic mass is 32.1. The Balaban J connectivity index is 2.25. The molecule has 0 saturated heterocycles. The van der Waals surface area contributed by atoms with E-state index in [0.717, 1.165) is 16.1 Å². The maximum atomic E-state index is 10.9. The molecule has 0 spiro atoms. The molecular weight excluding hydrogens is 288 g/mol. The van der Waals surface area contributed by atoms with E-state index >= 15 is 0 Å². The molecule has 0 atom stereocenters. The predicted molar refractivity (Wildman–Crippen MR) is 83.3 cm³/mol. The van der Waals surface area contributed by atoms with Crippen molar-refractivity contribution in [2.45, 2.75) is 39.8 Å². The van der Waals surface area contributed by atoms with Gasteiger partial charge in [-0.2, -0.15) is 0 Å². The van der Waals surface area contributed by atoms with Crippen LogP contribution in [0.5, 0.6) is 0 Å². The summed E-state index contributed by atoms with van der Waals surface area (Å²) in [5.74, 6) is 0. The monoisotopic (exact) mass is 306 g/mol. The quantitative estimate of drug-likeness (QED) is 0.692. The average Bonchev–Trinajstić information content (AvgIpc) is 2.84. The molecule has 2 aromatic rings. The highest BCUT2D eigenvalue weighted by Crippen LogP contribution is 2.30. The number of hydrogen-bond acceptors (Lipinski definition) is 6. The lowest BCUT2D eigenvalue weighted by Crippen LogP contribution is -2.35. The van der Waals surface area contributed by atoms with Crippen LogP contribution < -0.4 is 5.32 Å². The van der Waals surface area contributed by atoms with E-state index in [2.05, 4.69) is 36.3 Å². The lowest BCUT2D eigenvalue weighted by atomic mass is 10.1. The Labute approximate surface area is 127 Å². The lowest BCUT2D eigenvalue weighted by molar-refractivity contribution is -0.384. The van der Waals surface area contributed by atoms with Gasteiger partial charge in [0, 0.05) is 23.2 Å². The first-order valence-electron chi connectivity index (χ1n) is 6.59. The summed E-state index contributed by atoms with van der Waals surface area (Å²) in [5.41, 5.74) is 1.80. The standard InChI is InChI=1S/C14H18N4O2S/c1-9-5-6-10(18(19)20)7-11(9)13-17-16-12(21-13)8-15-14(2,3)4/h5-7,15H,8H2,1-4H3. The first-order chi connectivity index (χ1) is 9.76. The largest absolute Gasteiger partial charge is 0.306 e. The first kappa shape index (κ1) is 15.5. The average molecular weight is 306 g/mol. The second-order valence-corrected chi connectivity index (χ2v) is 6.92. The van der Waals surface area contributed by atoms with Crippen molar-refractivity contribution in [2.75, 3.05) is 0 Å². The molecule has 0 aliphatic rings. The molecule has 0 radical (unpaired) electrons. The van der Waals surface area contributed by atoms with Crippen molar-refractivity contribution in [3.63, 3.8) is 0 Å². The van der Waals surface area contributed by atoms with Crippen molar-refractivity contribution in [1.29, 1.82) is 0 Å². The molecule has 0 fully saturated rings. The fourth-order valence-corrected chi connectivity index (χ4v) is 2.59. The Morgan fingerprint density at radius 1 is 1.33 bits per heavy atom. The predicted octanol–water partition coefficient (Wildman–Crippen LogP) is 3.31. The molecule has 1 aromatic heterocycles. The number of nitro benzene ring substituents is 1. The fraction of sp³-hybridized carbons (Fsp3) is 0.429. The summed E-state index contributed by atoms with van der Waals surface area (Å²) in [4.78, 5) is 10.5. The summed E-state index contributed by atoms with van der Waals surface area (Å²) in [6.45, 7) is 8.79. The Hall–Kier alpha value is -1.86. The Kier molecular flexibility index (Phi) is 4.34. The van der Waals surface area contributed by atoms with Crippen LogP contribution in [0.2, 0.25) is 0 Å². The van der Waals surface area contributed by atoms with Crippen LogP contribution in [0.3, 0.4) is 0 Å². The number of non-ortho nitro benzene ring substituents is 1. The molecular formula is C14H18N4O2S. The van der Waals surface area contributed by atoms with Crippen LogP contribution in [0.4, 0.5) is 5.69 Å². The second-order valence-electron chi connectivity index (χ2n) is 5.86. The van der Waals surface area contributed by atoms with E-state index in [0.29, 0.717) is 11.6 Å². The number of rotatable bonds is 4. The van der Waals surface area contributed by atoms with E-state index in [1.54, 1.807) is 12.1 Å². The summed E-state index contributed by atoms with van der Waals surface area (Å²) in [6.07, 6.45) is 0. The molecule has 0 aliphatic carbocycles. The van der Waals surface area contributed by atoms with E-state index in [4.69, 9.17) is 0 Å². The van der Waals surface area contributed by atoms with Crippen molar-refractivity contribution in [3.8, 4) is 10.6 Å². The summed E-state index contributed by atoms with van der Waals surface area (Å²) in [6, 6.07) is 4.79. The van der Waals surface area contributed by atoms with E-state index < -0.39 is 4.92 Å². The van der Waals surface area contributed by atoms with Gasteiger partial charge in [0.15, 0.2) is 0 Å². The molecule has 112 valence electrons.